The Balaban J connectivity index is 2.07. The number of esters is 3. The Hall–Kier alpha value is -3.53. The zero-order chi connectivity index (χ0) is 33.5. The van der Waals surface area contributed by atoms with Gasteiger partial charge in [0.25, 0.3) is 10.1 Å². The maximum atomic E-state index is 16.7. The molecule has 1 N–H and O–H groups in total. The molecule has 12 nitrogen and oxygen atoms in total. The van der Waals surface area contributed by atoms with E-state index in [0.29, 0.717) is 4.90 Å². The predicted octanol–water partition coefficient (Wildman–Crippen LogP) is 3.17. The Morgan fingerprint density at radius 1 is 1.00 bits per heavy atom. The van der Waals surface area contributed by atoms with Gasteiger partial charge in [-0.3, -0.25) is 18.6 Å². The number of ether oxygens (including phenoxy) is 4. The van der Waals surface area contributed by atoms with E-state index >= 15 is 4.39 Å². The minimum Gasteiger partial charge on any atom is -0.466 e. The Morgan fingerprint density at radius 3 is 2.09 bits per heavy atom. The number of hydrogen-bond donors (Lipinski definition) is 1. The summed E-state index contributed by atoms with van der Waals surface area (Å²) in [5.41, 5.74) is 1.71. The van der Waals surface area contributed by atoms with Gasteiger partial charge in [0.05, 0.1) is 18.0 Å². The molecule has 1 fully saturated rings. The summed E-state index contributed by atoms with van der Waals surface area (Å²) in [6.07, 6.45) is -7.91. The first kappa shape index (κ1) is 35.9. The fourth-order valence-corrected chi connectivity index (χ4v) is 6.83. The standard InChI is InChI=1S/C30H36FNO11S2/c1-17-7-11-22(12-8-17)44-30(29(36)39-6)15-24(41-20(4)34)27(32-19(3)33)28(43-30)26(31)25(42-21(5)35)16-40-45(37,38)23-13-9-18(2)10-14-23/h7-14,24-28H,15-16H2,1-6H3,(H,32,33)/t24-,25+,26-,27+,28-,30+/m0/s1. The van der Waals surface area contributed by atoms with E-state index in [2.05, 4.69) is 5.32 Å². The monoisotopic (exact) mass is 669 g/mol. The van der Waals surface area contributed by atoms with Crippen molar-refractivity contribution in [2.75, 3.05) is 13.7 Å². The molecule has 1 heterocycles. The first-order valence-corrected chi connectivity index (χ1v) is 16.0. The van der Waals surface area contributed by atoms with Gasteiger partial charge in [-0.1, -0.05) is 47.2 Å². The number of rotatable bonds is 12. The van der Waals surface area contributed by atoms with Crippen LogP contribution < -0.4 is 5.32 Å². The molecule has 1 aliphatic heterocycles. The lowest BCUT2D eigenvalue weighted by molar-refractivity contribution is -0.207. The smallest absolute Gasteiger partial charge is 0.349 e. The van der Waals surface area contributed by atoms with Crippen LogP contribution >= 0.6 is 11.8 Å². The Bertz CT molecular complexity index is 1480. The van der Waals surface area contributed by atoms with Gasteiger partial charge in [0.1, 0.15) is 18.8 Å². The molecule has 0 spiro atoms. The molecule has 2 aromatic carbocycles. The number of aryl methyl sites for hydroxylation is 2. The lowest BCUT2D eigenvalue weighted by atomic mass is 9.90. The van der Waals surface area contributed by atoms with Crippen molar-refractivity contribution in [2.45, 2.75) is 86.3 Å². The van der Waals surface area contributed by atoms with Crippen LogP contribution in [0.25, 0.3) is 0 Å². The highest BCUT2D eigenvalue weighted by atomic mass is 32.2. The lowest BCUT2D eigenvalue weighted by Crippen LogP contribution is -2.66. The summed E-state index contributed by atoms with van der Waals surface area (Å²) in [6, 6.07) is 11.2. The fraction of sp³-hybridized carbons (Fsp3) is 0.467. The van der Waals surface area contributed by atoms with Crippen LogP contribution in [0.3, 0.4) is 0 Å². The quantitative estimate of drug-likeness (QED) is 0.200. The first-order valence-electron chi connectivity index (χ1n) is 13.8. The van der Waals surface area contributed by atoms with E-state index in [0.717, 1.165) is 50.8 Å². The van der Waals surface area contributed by atoms with Crippen molar-refractivity contribution >= 4 is 45.7 Å². The van der Waals surface area contributed by atoms with E-state index in [1.54, 1.807) is 43.3 Å². The van der Waals surface area contributed by atoms with Gasteiger partial charge in [-0.15, -0.1) is 0 Å². The molecule has 3 rings (SSSR count). The number of nitrogens with one attached hydrogen (secondary N) is 1. The molecule has 0 aliphatic carbocycles. The molecular weight excluding hydrogens is 633 g/mol. The third-order valence-electron chi connectivity index (χ3n) is 6.72. The summed E-state index contributed by atoms with van der Waals surface area (Å²) >= 11 is 0.866. The highest BCUT2D eigenvalue weighted by Gasteiger charge is 2.58. The maximum absolute atomic E-state index is 16.7. The molecule has 1 aliphatic rings. The minimum atomic E-state index is -4.43. The topological polar surface area (TPSA) is 161 Å². The SMILES string of the molecule is COC(=O)[C@]1(Sc2ccc(C)cc2)C[C@H](OC(C)=O)[C@@H](NC(C)=O)[C@H]([C@@H](F)[C@@H](COS(=O)(=O)c2ccc(C)cc2)OC(C)=O)O1. The fourth-order valence-electron chi connectivity index (χ4n) is 4.68. The number of carbonyl (C=O) groups is 4. The number of thioether (sulfide) groups is 1. The van der Waals surface area contributed by atoms with E-state index in [1.807, 2.05) is 6.92 Å². The molecule has 0 saturated carbocycles. The van der Waals surface area contributed by atoms with Crippen molar-refractivity contribution in [3.8, 4) is 0 Å². The van der Waals surface area contributed by atoms with Crippen LogP contribution in [0, 0.1) is 13.8 Å². The second-order valence-electron chi connectivity index (χ2n) is 10.5. The number of alkyl halides is 1. The van der Waals surface area contributed by atoms with Gasteiger partial charge in [0.15, 0.2) is 12.3 Å². The number of methoxy groups -OCH3 is 1. The number of carbonyl (C=O) groups excluding carboxylic acids is 4. The third kappa shape index (κ3) is 9.48. The van der Waals surface area contributed by atoms with E-state index < -0.39 is 76.0 Å². The van der Waals surface area contributed by atoms with E-state index in [9.17, 15) is 27.6 Å². The average molecular weight is 670 g/mol. The van der Waals surface area contributed by atoms with Crippen molar-refractivity contribution in [3.05, 3.63) is 59.7 Å². The summed E-state index contributed by atoms with van der Waals surface area (Å²) in [6.45, 7) is 5.84. The average Bonchev–Trinajstić information content (AvgIpc) is 2.96. The van der Waals surface area contributed by atoms with Crippen LogP contribution in [0.1, 0.15) is 38.3 Å². The molecule has 246 valence electrons. The molecule has 1 amide bonds. The zero-order valence-corrected chi connectivity index (χ0v) is 27.2. The molecule has 0 radical (unpaired) electrons. The molecule has 2 aromatic rings. The van der Waals surface area contributed by atoms with Gasteiger partial charge in [0, 0.05) is 32.1 Å². The first-order chi connectivity index (χ1) is 21.1. The van der Waals surface area contributed by atoms with Gasteiger partial charge < -0.3 is 24.3 Å². The van der Waals surface area contributed by atoms with Gasteiger partial charge in [-0.05, 0) is 38.1 Å². The van der Waals surface area contributed by atoms with Crippen LogP contribution in [0.4, 0.5) is 4.39 Å². The highest BCUT2D eigenvalue weighted by molar-refractivity contribution is 8.01. The second-order valence-corrected chi connectivity index (χ2v) is 13.4. The molecule has 0 aromatic heterocycles. The third-order valence-corrected chi connectivity index (χ3v) is 9.28. The highest BCUT2D eigenvalue weighted by Crippen LogP contribution is 2.46. The van der Waals surface area contributed by atoms with E-state index in [4.69, 9.17) is 23.1 Å². The van der Waals surface area contributed by atoms with Gasteiger partial charge in [0.2, 0.25) is 10.8 Å². The van der Waals surface area contributed by atoms with Crippen LogP contribution in [-0.2, 0) is 52.4 Å². The van der Waals surface area contributed by atoms with Gasteiger partial charge >= 0.3 is 17.9 Å². The summed E-state index contributed by atoms with van der Waals surface area (Å²) in [5, 5.41) is 2.50. The van der Waals surface area contributed by atoms with Crippen molar-refractivity contribution in [1.82, 2.24) is 5.32 Å². The predicted molar refractivity (Wildman–Crippen MR) is 159 cm³/mol. The number of hydrogen-bond acceptors (Lipinski definition) is 12. The number of benzene rings is 2. The summed E-state index contributed by atoms with van der Waals surface area (Å²) in [4.78, 5) is 48.1. The summed E-state index contributed by atoms with van der Waals surface area (Å²) in [7, 11) is -3.34. The zero-order valence-electron chi connectivity index (χ0n) is 25.6. The second kappa shape index (κ2) is 15.2. The van der Waals surface area contributed by atoms with Crippen molar-refractivity contribution < 1.29 is 55.1 Å². The Morgan fingerprint density at radius 2 is 1.58 bits per heavy atom. The normalized spacial score (nSPS) is 22.9. The summed E-state index contributed by atoms with van der Waals surface area (Å²) < 4.78 is 69.4. The van der Waals surface area contributed by atoms with Crippen LogP contribution in [0.2, 0.25) is 0 Å². The van der Waals surface area contributed by atoms with Crippen LogP contribution in [-0.4, -0.2) is 81.4 Å². The largest absolute Gasteiger partial charge is 0.466 e. The van der Waals surface area contributed by atoms with E-state index in [-0.39, 0.29) is 11.3 Å². The molecule has 0 unspecified atom stereocenters. The maximum Gasteiger partial charge on any atom is 0.349 e. The number of halogens is 1. The Labute approximate surface area is 265 Å². The molecule has 0 bridgehead atoms. The summed E-state index contributed by atoms with van der Waals surface area (Å²) in [5.74, 6) is -3.38. The van der Waals surface area contributed by atoms with Crippen molar-refractivity contribution in [3.63, 3.8) is 0 Å². The molecule has 45 heavy (non-hydrogen) atoms. The van der Waals surface area contributed by atoms with Crippen LogP contribution in [0.15, 0.2) is 58.3 Å². The molecule has 1 saturated heterocycles. The van der Waals surface area contributed by atoms with Gasteiger partial charge in [-0.2, -0.15) is 8.42 Å². The number of amides is 1. The Kier molecular flexibility index (Phi) is 12.1. The molecule has 6 atom stereocenters. The molecular formula is C30H36FNO11S2. The van der Waals surface area contributed by atoms with E-state index in [1.165, 1.54) is 12.1 Å². The van der Waals surface area contributed by atoms with Gasteiger partial charge in [-0.25, -0.2) is 9.18 Å². The van der Waals surface area contributed by atoms with Crippen molar-refractivity contribution in [2.24, 2.45) is 0 Å². The van der Waals surface area contributed by atoms with Crippen molar-refractivity contribution in [1.29, 1.82) is 0 Å². The van der Waals surface area contributed by atoms with Crippen LogP contribution in [0.5, 0.6) is 0 Å². The molecule has 15 heteroatoms. The minimum absolute atomic E-state index is 0.218. The lowest BCUT2D eigenvalue weighted by Gasteiger charge is -2.47.